The molecule has 0 amide bonds. The molecule has 0 saturated carbocycles. The molecule has 0 aliphatic carbocycles. The largest absolute Gasteiger partial charge is 0.385 e. The zero-order chi connectivity index (χ0) is 11.6. The Balaban J connectivity index is 2.07. The standard InChI is InChI=1S/C13H28N2O/c1-3-8-14-13-7-6-10-15(12-13)9-4-5-11-16-2/h13-14H,3-12H2,1-2H3. The van der Waals surface area contributed by atoms with Crippen LogP contribution in [-0.2, 0) is 4.74 Å². The van der Waals surface area contributed by atoms with Gasteiger partial charge in [0.2, 0.25) is 0 Å². The maximum Gasteiger partial charge on any atom is 0.0462 e. The lowest BCUT2D eigenvalue weighted by Gasteiger charge is -2.33. The van der Waals surface area contributed by atoms with Crippen LogP contribution in [0.5, 0.6) is 0 Å². The van der Waals surface area contributed by atoms with Gasteiger partial charge in [-0.1, -0.05) is 6.92 Å². The lowest BCUT2D eigenvalue weighted by molar-refractivity contribution is 0.165. The van der Waals surface area contributed by atoms with Crippen LogP contribution in [0.2, 0.25) is 0 Å². The quantitative estimate of drug-likeness (QED) is 0.642. The molecule has 1 aliphatic rings. The Bertz CT molecular complexity index is 164. The summed E-state index contributed by atoms with van der Waals surface area (Å²) < 4.78 is 5.07. The molecule has 0 aromatic heterocycles. The summed E-state index contributed by atoms with van der Waals surface area (Å²) in [6, 6.07) is 0.733. The minimum atomic E-state index is 0.733. The lowest BCUT2D eigenvalue weighted by atomic mass is 10.1. The molecule has 96 valence electrons. The van der Waals surface area contributed by atoms with Gasteiger partial charge in [0.15, 0.2) is 0 Å². The van der Waals surface area contributed by atoms with Crippen LogP contribution in [0.25, 0.3) is 0 Å². The summed E-state index contributed by atoms with van der Waals surface area (Å²) in [5.74, 6) is 0. The first-order chi connectivity index (χ1) is 7.86. The topological polar surface area (TPSA) is 24.5 Å². The van der Waals surface area contributed by atoms with Gasteiger partial charge in [-0.15, -0.1) is 0 Å². The Labute approximate surface area is 101 Å². The summed E-state index contributed by atoms with van der Waals surface area (Å²) in [5, 5.41) is 3.64. The molecule has 0 spiro atoms. The number of piperidine rings is 1. The molecule has 1 unspecified atom stereocenters. The third-order valence-corrected chi connectivity index (χ3v) is 3.26. The van der Waals surface area contributed by atoms with E-state index in [0.717, 1.165) is 12.6 Å². The maximum absolute atomic E-state index is 5.07. The number of nitrogens with one attached hydrogen (secondary N) is 1. The van der Waals surface area contributed by atoms with Gasteiger partial charge < -0.3 is 15.0 Å². The zero-order valence-corrected chi connectivity index (χ0v) is 11.0. The first-order valence-corrected chi connectivity index (χ1v) is 6.81. The number of nitrogens with zero attached hydrogens (tertiary/aromatic N) is 1. The molecule has 1 atom stereocenters. The van der Waals surface area contributed by atoms with Gasteiger partial charge in [0, 0.05) is 26.3 Å². The Morgan fingerprint density at radius 3 is 3.00 bits per heavy atom. The van der Waals surface area contributed by atoms with Gasteiger partial charge in [0.1, 0.15) is 0 Å². The van der Waals surface area contributed by atoms with Gasteiger partial charge in [0.05, 0.1) is 0 Å². The number of likely N-dealkylation sites (tertiary alicyclic amines) is 1. The molecule has 1 saturated heterocycles. The highest BCUT2D eigenvalue weighted by Crippen LogP contribution is 2.10. The van der Waals surface area contributed by atoms with Gasteiger partial charge in [-0.25, -0.2) is 0 Å². The molecule has 0 aromatic carbocycles. The van der Waals surface area contributed by atoms with Crippen LogP contribution in [0, 0.1) is 0 Å². The Morgan fingerprint density at radius 2 is 2.25 bits per heavy atom. The highest BCUT2D eigenvalue weighted by Gasteiger charge is 2.18. The van der Waals surface area contributed by atoms with E-state index in [1.807, 2.05) is 0 Å². The van der Waals surface area contributed by atoms with Crippen molar-refractivity contribution in [3.8, 4) is 0 Å². The van der Waals surface area contributed by atoms with E-state index in [1.54, 1.807) is 7.11 Å². The number of methoxy groups -OCH3 is 1. The molecule has 0 radical (unpaired) electrons. The first kappa shape index (κ1) is 13.9. The number of unbranched alkanes of at least 4 members (excludes halogenated alkanes) is 1. The molecule has 1 heterocycles. The van der Waals surface area contributed by atoms with Crippen LogP contribution in [0.15, 0.2) is 0 Å². The number of hydrogen-bond donors (Lipinski definition) is 1. The third kappa shape index (κ3) is 5.83. The average Bonchev–Trinajstić information content (AvgIpc) is 2.33. The van der Waals surface area contributed by atoms with Crippen molar-refractivity contribution in [2.24, 2.45) is 0 Å². The highest BCUT2D eigenvalue weighted by molar-refractivity contribution is 4.77. The number of ether oxygens (including phenoxy) is 1. The number of hydrogen-bond acceptors (Lipinski definition) is 3. The molecule has 3 heteroatoms. The average molecular weight is 228 g/mol. The summed E-state index contributed by atoms with van der Waals surface area (Å²) in [7, 11) is 1.78. The molecule has 1 rings (SSSR count). The van der Waals surface area contributed by atoms with Crippen molar-refractivity contribution in [3.05, 3.63) is 0 Å². The van der Waals surface area contributed by atoms with E-state index >= 15 is 0 Å². The first-order valence-electron chi connectivity index (χ1n) is 6.81. The second-order valence-electron chi connectivity index (χ2n) is 4.79. The summed E-state index contributed by atoms with van der Waals surface area (Å²) in [6.07, 6.45) is 6.42. The normalized spacial score (nSPS) is 22.5. The fraction of sp³-hybridized carbons (Fsp3) is 1.00. The monoisotopic (exact) mass is 228 g/mol. The van der Waals surface area contributed by atoms with E-state index in [2.05, 4.69) is 17.1 Å². The van der Waals surface area contributed by atoms with Gasteiger partial charge in [0.25, 0.3) is 0 Å². The predicted molar refractivity (Wildman–Crippen MR) is 68.9 cm³/mol. The van der Waals surface area contributed by atoms with Crippen LogP contribution in [0.4, 0.5) is 0 Å². The van der Waals surface area contributed by atoms with E-state index in [9.17, 15) is 0 Å². The minimum Gasteiger partial charge on any atom is -0.385 e. The van der Waals surface area contributed by atoms with Crippen molar-refractivity contribution in [1.82, 2.24) is 10.2 Å². The molecule has 16 heavy (non-hydrogen) atoms. The van der Waals surface area contributed by atoms with Crippen LogP contribution >= 0.6 is 0 Å². The minimum absolute atomic E-state index is 0.733. The van der Waals surface area contributed by atoms with E-state index < -0.39 is 0 Å². The van der Waals surface area contributed by atoms with Gasteiger partial charge in [-0.2, -0.15) is 0 Å². The maximum atomic E-state index is 5.07. The summed E-state index contributed by atoms with van der Waals surface area (Å²) in [6.45, 7) is 8.09. The molecule has 1 aliphatic heterocycles. The number of rotatable bonds is 8. The van der Waals surface area contributed by atoms with Crippen LogP contribution < -0.4 is 5.32 Å². The summed E-state index contributed by atoms with van der Waals surface area (Å²) >= 11 is 0. The summed E-state index contributed by atoms with van der Waals surface area (Å²) in [5.41, 5.74) is 0. The molecule has 0 bridgehead atoms. The Kier molecular flexibility index (Phi) is 7.81. The Hall–Kier alpha value is -0.120. The van der Waals surface area contributed by atoms with Crippen LogP contribution in [0.1, 0.15) is 39.0 Å². The van der Waals surface area contributed by atoms with E-state index in [-0.39, 0.29) is 0 Å². The Morgan fingerprint density at radius 1 is 1.38 bits per heavy atom. The van der Waals surface area contributed by atoms with Gasteiger partial charge >= 0.3 is 0 Å². The highest BCUT2D eigenvalue weighted by atomic mass is 16.5. The van der Waals surface area contributed by atoms with Crippen molar-refractivity contribution in [2.45, 2.75) is 45.1 Å². The molecule has 1 N–H and O–H groups in total. The lowest BCUT2D eigenvalue weighted by Crippen LogP contribution is -2.46. The predicted octanol–water partition coefficient (Wildman–Crippen LogP) is 1.88. The van der Waals surface area contributed by atoms with Crippen molar-refractivity contribution < 1.29 is 4.74 Å². The van der Waals surface area contributed by atoms with Crippen LogP contribution in [0.3, 0.4) is 0 Å². The summed E-state index contributed by atoms with van der Waals surface area (Å²) in [4.78, 5) is 2.60. The van der Waals surface area contributed by atoms with Gasteiger partial charge in [-0.05, 0) is 51.7 Å². The fourth-order valence-corrected chi connectivity index (χ4v) is 2.36. The molecular formula is C13H28N2O. The van der Waals surface area contributed by atoms with Crippen LogP contribution in [-0.4, -0.2) is 50.8 Å². The molecular weight excluding hydrogens is 200 g/mol. The molecule has 0 aromatic rings. The smallest absolute Gasteiger partial charge is 0.0462 e. The van der Waals surface area contributed by atoms with Crippen molar-refractivity contribution in [1.29, 1.82) is 0 Å². The van der Waals surface area contributed by atoms with E-state index in [4.69, 9.17) is 4.74 Å². The fourth-order valence-electron chi connectivity index (χ4n) is 2.36. The SMILES string of the molecule is CCCNC1CCCN(CCCCOC)C1. The second-order valence-corrected chi connectivity index (χ2v) is 4.79. The van der Waals surface area contributed by atoms with E-state index in [0.29, 0.717) is 0 Å². The molecule has 1 fully saturated rings. The van der Waals surface area contributed by atoms with Crippen molar-refractivity contribution in [2.75, 3.05) is 39.9 Å². The van der Waals surface area contributed by atoms with Crippen molar-refractivity contribution >= 4 is 0 Å². The molecule has 3 nitrogen and oxygen atoms in total. The zero-order valence-electron chi connectivity index (χ0n) is 11.0. The van der Waals surface area contributed by atoms with Gasteiger partial charge in [-0.3, -0.25) is 0 Å². The van der Waals surface area contributed by atoms with E-state index in [1.165, 1.54) is 58.3 Å². The van der Waals surface area contributed by atoms with Crippen molar-refractivity contribution in [3.63, 3.8) is 0 Å². The third-order valence-electron chi connectivity index (χ3n) is 3.26. The second kappa shape index (κ2) is 8.97.